The van der Waals surface area contributed by atoms with Crippen LogP contribution in [0.25, 0.3) is 20.8 Å². The smallest absolute Gasteiger partial charge is 0.258 e. The molecule has 29 heavy (non-hydrogen) atoms. The van der Waals surface area contributed by atoms with E-state index in [1.165, 1.54) is 4.70 Å². The van der Waals surface area contributed by atoms with Gasteiger partial charge in [-0.2, -0.15) is 0 Å². The summed E-state index contributed by atoms with van der Waals surface area (Å²) in [6, 6.07) is 23.3. The summed E-state index contributed by atoms with van der Waals surface area (Å²) >= 11 is 1.68. The summed E-state index contributed by atoms with van der Waals surface area (Å²) in [5.74, 6) is 1.20. The number of benzene rings is 3. The lowest BCUT2D eigenvalue weighted by molar-refractivity contribution is -0.123. The quantitative estimate of drug-likeness (QED) is 0.486. The Kier molecular flexibility index (Phi) is 5.72. The van der Waals surface area contributed by atoms with E-state index in [1.807, 2.05) is 42.5 Å². The number of hydrogen-bond acceptors (Lipinski definition) is 5. The van der Waals surface area contributed by atoms with E-state index < -0.39 is 0 Å². The summed E-state index contributed by atoms with van der Waals surface area (Å²) < 4.78 is 11.8. The molecule has 0 radical (unpaired) electrons. The van der Waals surface area contributed by atoms with Crippen LogP contribution in [0, 0.1) is 0 Å². The van der Waals surface area contributed by atoms with Crippen LogP contribution in [0.5, 0.6) is 11.5 Å². The van der Waals surface area contributed by atoms with Gasteiger partial charge in [0, 0.05) is 12.1 Å². The molecule has 1 N–H and O–H groups in total. The van der Waals surface area contributed by atoms with Gasteiger partial charge in [0.15, 0.2) is 6.61 Å². The largest absolute Gasteiger partial charge is 0.497 e. The lowest BCUT2D eigenvalue weighted by atomic mass is 10.1. The summed E-state index contributed by atoms with van der Waals surface area (Å²) in [6.07, 6.45) is 0. The third-order valence-electron chi connectivity index (χ3n) is 4.41. The second-order valence-electron chi connectivity index (χ2n) is 6.42. The molecule has 0 aliphatic carbocycles. The number of methoxy groups -OCH3 is 1. The van der Waals surface area contributed by atoms with Crippen molar-refractivity contribution in [2.24, 2.45) is 0 Å². The van der Waals surface area contributed by atoms with Crippen LogP contribution in [0.15, 0.2) is 72.8 Å². The van der Waals surface area contributed by atoms with Crippen molar-refractivity contribution in [2.75, 3.05) is 13.7 Å². The first kappa shape index (κ1) is 19.0. The van der Waals surface area contributed by atoms with Gasteiger partial charge in [-0.15, -0.1) is 11.3 Å². The molecule has 0 aliphatic rings. The highest BCUT2D eigenvalue weighted by Crippen LogP contribution is 2.30. The molecule has 0 saturated heterocycles. The van der Waals surface area contributed by atoms with Crippen LogP contribution in [0.1, 0.15) is 5.56 Å². The van der Waals surface area contributed by atoms with Crippen LogP contribution >= 0.6 is 11.3 Å². The molecule has 1 amide bonds. The first-order valence-electron chi connectivity index (χ1n) is 9.20. The number of nitrogens with one attached hydrogen (secondary N) is 1. The topological polar surface area (TPSA) is 60.5 Å². The lowest BCUT2D eigenvalue weighted by Gasteiger charge is -2.08. The maximum Gasteiger partial charge on any atom is 0.258 e. The third-order valence-corrected chi connectivity index (χ3v) is 5.50. The van der Waals surface area contributed by atoms with Crippen molar-refractivity contribution in [3.05, 3.63) is 78.4 Å². The molecule has 4 rings (SSSR count). The first-order chi connectivity index (χ1) is 14.2. The number of nitrogens with zero attached hydrogens (tertiary/aromatic N) is 1. The van der Waals surface area contributed by atoms with Gasteiger partial charge in [0.1, 0.15) is 16.5 Å². The maximum atomic E-state index is 12.0. The van der Waals surface area contributed by atoms with Crippen molar-refractivity contribution in [1.82, 2.24) is 10.3 Å². The molecule has 3 aromatic carbocycles. The van der Waals surface area contributed by atoms with E-state index in [2.05, 4.69) is 16.4 Å². The van der Waals surface area contributed by atoms with E-state index in [4.69, 9.17) is 9.47 Å². The highest BCUT2D eigenvalue weighted by atomic mass is 32.1. The fraction of sp³-hybridized carbons (Fsp3) is 0.130. The molecule has 146 valence electrons. The van der Waals surface area contributed by atoms with Gasteiger partial charge in [-0.05, 0) is 42.0 Å². The number of rotatable bonds is 7. The van der Waals surface area contributed by atoms with Crippen LogP contribution in [0.2, 0.25) is 0 Å². The molecular formula is C23H20N2O3S. The number of carbonyl (C=O) groups excluding carboxylic acids is 1. The van der Waals surface area contributed by atoms with Gasteiger partial charge < -0.3 is 14.8 Å². The molecule has 1 heterocycles. The molecule has 0 aliphatic heterocycles. The second kappa shape index (κ2) is 8.75. The molecule has 4 aromatic rings. The number of thiazole rings is 1. The Morgan fingerprint density at radius 2 is 1.69 bits per heavy atom. The van der Waals surface area contributed by atoms with Gasteiger partial charge in [0.2, 0.25) is 0 Å². The number of carbonyl (C=O) groups is 1. The summed E-state index contributed by atoms with van der Waals surface area (Å²) in [7, 11) is 1.61. The molecule has 0 spiro atoms. The lowest BCUT2D eigenvalue weighted by Crippen LogP contribution is -2.28. The molecule has 6 heteroatoms. The number of ether oxygens (including phenoxy) is 2. The number of amides is 1. The summed E-state index contributed by atoms with van der Waals surface area (Å²) in [5.41, 5.74) is 3.11. The van der Waals surface area contributed by atoms with Crippen molar-refractivity contribution >= 4 is 27.5 Å². The first-order valence-corrected chi connectivity index (χ1v) is 10.0. The zero-order valence-corrected chi connectivity index (χ0v) is 16.7. The van der Waals surface area contributed by atoms with E-state index in [-0.39, 0.29) is 12.5 Å². The van der Waals surface area contributed by atoms with Crippen LogP contribution in [-0.4, -0.2) is 24.6 Å². The molecule has 0 unspecified atom stereocenters. The highest BCUT2D eigenvalue weighted by Gasteiger charge is 2.07. The normalized spacial score (nSPS) is 10.7. The van der Waals surface area contributed by atoms with Crippen LogP contribution in [0.3, 0.4) is 0 Å². The number of para-hydroxylation sites is 1. The SMILES string of the molecule is COc1ccc(OCC(=O)NCc2ccc(-c3nc4ccccc4s3)cc2)cc1. The minimum atomic E-state index is -0.170. The molecule has 0 saturated carbocycles. The van der Waals surface area contributed by atoms with Crippen LogP contribution < -0.4 is 14.8 Å². The van der Waals surface area contributed by atoms with Crippen molar-refractivity contribution < 1.29 is 14.3 Å². The van der Waals surface area contributed by atoms with Gasteiger partial charge in [-0.25, -0.2) is 4.98 Å². The van der Waals surface area contributed by atoms with E-state index in [9.17, 15) is 4.79 Å². The van der Waals surface area contributed by atoms with E-state index in [1.54, 1.807) is 42.7 Å². The van der Waals surface area contributed by atoms with Crippen LogP contribution in [0.4, 0.5) is 0 Å². The van der Waals surface area contributed by atoms with Gasteiger partial charge in [-0.1, -0.05) is 36.4 Å². The van der Waals surface area contributed by atoms with Gasteiger partial charge in [0.25, 0.3) is 5.91 Å². The maximum absolute atomic E-state index is 12.0. The fourth-order valence-corrected chi connectivity index (χ4v) is 3.80. The summed E-state index contributed by atoms with van der Waals surface area (Å²) in [5, 5.41) is 3.87. The van der Waals surface area contributed by atoms with Gasteiger partial charge >= 0.3 is 0 Å². The third kappa shape index (κ3) is 4.73. The number of hydrogen-bond donors (Lipinski definition) is 1. The minimum absolute atomic E-state index is 0.0316. The van der Waals surface area contributed by atoms with Crippen molar-refractivity contribution in [3.63, 3.8) is 0 Å². The standard InChI is InChI=1S/C23H20N2O3S/c1-27-18-10-12-19(13-11-18)28-15-22(26)24-14-16-6-8-17(9-7-16)23-25-20-4-2-3-5-21(20)29-23/h2-13H,14-15H2,1H3,(H,24,26). The minimum Gasteiger partial charge on any atom is -0.497 e. The van der Waals surface area contributed by atoms with Gasteiger partial charge in [0.05, 0.1) is 17.3 Å². The Morgan fingerprint density at radius 1 is 0.966 bits per heavy atom. The monoisotopic (exact) mass is 404 g/mol. The zero-order chi connectivity index (χ0) is 20.1. The average molecular weight is 404 g/mol. The molecule has 5 nitrogen and oxygen atoms in total. The van der Waals surface area contributed by atoms with Crippen molar-refractivity contribution in [2.45, 2.75) is 6.54 Å². The molecule has 1 aromatic heterocycles. The Balaban J connectivity index is 1.29. The van der Waals surface area contributed by atoms with Crippen molar-refractivity contribution in [1.29, 1.82) is 0 Å². The highest BCUT2D eigenvalue weighted by molar-refractivity contribution is 7.21. The number of fused-ring (bicyclic) bond motifs is 1. The molecular weight excluding hydrogens is 384 g/mol. The van der Waals surface area contributed by atoms with Crippen LogP contribution in [-0.2, 0) is 11.3 Å². The van der Waals surface area contributed by atoms with E-state index in [0.717, 1.165) is 27.4 Å². The summed E-state index contributed by atoms with van der Waals surface area (Å²) in [6.45, 7) is 0.418. The zero-order valence-electron chi connectivity index (χ0n) is 15.9. The Morgan fingerprint density at radius 3 is 2.41 bits per heavy atom. The summed E-state index contributed by atoms with van der Waals surface area (Å²) in [4.78, 5) is 16.7. The predicted molar refractivity (Wildman–Crippen MR) is 115 cm³/mol. The number of aromatic nitrogens is 1. The Labute approximate surface area is 172 Å². The fourth-order valence-electron chi connectivity index (χ4n) is 2.83. The molecule has 0 fully saturated rings. The van der Waals surface area contributed by atoms with E-state index >= 15 is 0 Å². The predicted octanol–water partition coefficient (Wildman–Crippen LogP) is 4.67. The Hall–Kier alpha value is -3.38. The second-order valence-corrected chi connectivity index (χ2v) is 7.46. The van der Waals surface area contributed by atoms with Crippen molar-refractivity contribution in [3.8, 4) is 22.1 Å². The Bertz CT molecular complexity index is 1070. The van der Waals surface area contributed by atoms with Gasteiger partial charge in [-0.3, -0.25) is 4.79 Å². The molecule has 0 bridgehead atoms. The average Bonchev–Trinajstić information content (AvgIpc) is 3.21. The molecule has 0 atom stereocenters. The van der Waals surface area contributed by atoms with E-state index in [0.29, 0.717) is 12.3 Å².